The summed E-state index contributed by atoms with van der Waals surface area (Å²) < 4.78 is 0. The number of unbranched alkanes of at least 4 members (excludes halogenated alkanes) is 1. The topological polar surface area (TPSA) is 57.7 Å². The third-order valence-electron chi connectivity index (χ3n) is 9.54. The average Bonchev–Trinajstić information content (AvgIpc) is 3.00. The number of anilines is 3. The molecule has 3 aromatic carbocycles. The molecule has 5 heteroatoms. The molecule has 0 saturated carbocycles. The maximum absolute atomic E-state index is 14.2. The van der Waals surface area contributed by atoms with E-state index >= 15 is 0 Å². The van der Waals surface area contributed by atoms with Crippen LogP contribution in [0.3, 0.4) is 0 Å². The Kier molecular flexibility index (Phi) is 8.15. The van der Waals surface area contributed by atoms with Crippen LogP contribution in [-0.2, 0) is 9.59 Å². The van der Waals surface area contributed by atoms with Gasteiger partial charge in [0.25, 0.3) is 0 Å². The molecule has 45 heavy (non-hydrogen) atoms. The van der Waals surface area contributed by atoms with Crippen molar-refractivity contribution in [2.24, 2.45) is 10.8 Å². The molecule has 0 amide bonds. The number of ketones is 2. The fourth-order valence-corrected chi connectivity index (χ4v) is 7.49. The standard InChI is InChI=1S/C40H44N2O3/c1-6-7-21-41(29-17-13-27(26-43)14-18-29)30-19-15-28(16-20-30)36-37-32(22-39(2,3)24-34(37)44)42(31-11-9-8-10-12-31)33-23-40(4,5)25-35(45)38(33)36/h8-20,26,36H,6-7,21-25H2,1-5H3. The average molecular weight is 601 g/mol. The number of carbonyl (C=O) groups excluding carboxylic acids is 3. The Balaban J connectivity index is 1.50. The van der Waals surface area contributed by atoms with Crippen molar-refractivity contribution in [1.29, 1.82) is 0 Å². The number of carbonyl (C=O) groups is 3. The van der Waals surface area contributed by atoms with Crippen LogP contribution in [0.15, 0.2) is 101 Å². The monoisotopic (exact) mass is 600 g/mol. The largest absolute Gasteiger partial charge is 0.341 e. The quantitative estimate of drug-likeness (QED) is 0.241. The minimum atomic E-state index is -0.382. The van der Waals surface area contributed by atoms with Crippen molar-refractivity contribution < 1.29 is 14.4 Å². The number of nitrogens with zero attached hydrogens (tertiary/aromatic N) is 2. The van der Waals surface area contributed by atoms with Gasteiger partial charge in [-0.2, -0.15) is 0 Å². The van der Waals surface area contributed by atoms with Gasteiger partial charge in [-0.3, -0.25) is 14.4 Å². The minimum absolute atomic E-state index is 0.139. The first-order valence-corrected chi connectivity index (χ1v) is 16.3. The second-order valence-electron chi connectivity index (χ2n) is 14.5. The molecular formula is C40H44N2O3. The van der Waals surface area contributed by atoms with Gasteiger partial charge in [0.05, 0.1) is 0 Å². The van der Waals surface area contributed by atoms with Gasteiger partial charge in [-0.15, -0.1) is 0 Å². The highest BCUT2D eigenvalue weighted by Crippen LogP contribution is 2.55. The summed E-state index contributed by atoms with van der Waals surface area (Å²) >= 11 is 0. The molecule has 232 valence electrons. The van der Waals surface area contributed by atoms with Crippen LogP contribution >= 0.6 is 0 Å². The van der Waals surface area contributed by atoms with Crippen LogP contribution in [0.5, 0.6) is 0 Å². The van der Waals surface area contributed by atoms with E-state index in [4.69, 9.17) is 0 Å². The van der Waals surface area contributed by atoms with E-state index in [0.29, 0.717) is 18.4 Å². The molecule has 3 aliphatic rings. The third kappa shape index (κ3) is 5.93. The molecule has 6 rings (SSSR count). The molecule has 0 atom stereocenters. The molecule has 0 fully saturated rings. The van der Waals surface area contributed by atoms with Crippen LogP contribution in [-0.4, -0.2) is 24.4 Å². The van der Waals surface area contributed by atoms with Crippen LogP contribution in [0, 0.1) is 10.8 Å². The summed E-state index contributed by atoms with van der Waals surface area (Å²) in [6, 6.07) is 26.4. The Morgan fingerprint density at radius 3 is 1.73 bits per heavy atom. The molecule has 0 bridgehead atoms. The molecule has 0 aromatic heterocycles. The van der Waals surface area contributed by atoms with Crippen molar-refractivity contribution >= 4 is 34.9 Å². The van der Waals surface area contributed by atoms with Crippen LogP contribution in [0.25, 0.3) is 0 Å². The molecule has 2 aliphatic carbocycles. The first kappa shape index (κ1) is 30.8. The molecule has 5 nitrogen and oxygen atoms in total. The Bertz CT molecular complexity index is 1620. The first-order valence-electron chi connectivity index (χ1n) is 16.3. The van der Waals surface area contributed by atoms with Crippen molar-refractivity contribution in [3.05, 3.63) is 113 Å². The number of Topliss-reactive ketones (excluding diaryl/α,β-unsaturated/α-hetero) is 2. The zero-order chi connectivity index (χ0) is 31.9. The smallest absolute Gasteiger partial charge is 0.162 e. The lowest BCUT2D eigenvalue weighted by Gasteiger charge is -2.49. The normalized spacial score (nSPS) is 19.4. The number of rotatable bonds is 8. The van der Waals surface area contributed by atoms with E-state index < -0.39 is 0 Å². The third-order valence-corrected chi connectivity index (χ3v) is 9.54. The Morgan fingerprint density at radius 2 is 1.24 bits per heavy atom. The van der Waals surface area contributed by atoms with Gasteiger partial charge in [0, 0.05) is 70.5 Å². The molecule has 1 aliphatic heterocycles. The molecule has 3 aromatic rings. The predicted octanol–water partition coefficient (Wildman–Crippen LogP) is 9.33. The number of para-hydroxylation sites is 1. The van der Waals surface area contributed by atoms with E-state index in [1.165, 1.54) is 0 Å². The van der Waals surface area contributed by atoms with Gasteiger partial charge >= 0.3 is 0 Å². The van der Waals surface area contributed by atoms with Gasteiger partial charge in [0.1, 0.15) is 6.29 Å². The summed E-state index contributed by atoms with van der Waals surface area (Å²) in [5.41, 5.74) is 8.02. The lowest BCUT2D eigenvalue weighted by atomic mass is 9.63. The van der Waals surface area contributed by atoms with Crippen LogP contribution < -0.4 is 9.80 Å². The molecular weight excluding hydrogens is 556 g/mol. The van der Waals surface area contributed by atoms with E-state index in [0.717, 1.165) is 83.7 Å². The van der Waals surface area contributed by atoms with Crippen LogP contribution in [0.1, 0.15) is 95.0 Å². The fourth-order valence-electron chi connectivity index (χ4n) is 7.49. The highest BCUT2D eigenvalue weighted by molar-refractivity contribution is 6.08. The van der Waals surface area contributed by atoms with E-state index in [2.05, 4.69) is 80.8 Å². The summed E-state index contributed by atoms with van der Waals surface area (Å²) in [5, 5.41) is 0. The summed E-state index contributed by atoms with van der Waals surface area (Å²) in [4.78, 5) is 44.2. The van der Waals surface area contributed by atoms with Crippen molar-refractivity contribution in [2.75, 3.05) is 16.3 Å². The van der Waals surface area contributed by atoms with Gasteiger partial charge in [-0.05, 0) is 84.2 Å². The maximum atomic E-state index is 14.2. The number of aldehydes is 1. The molecule has 0 spiro atoms. The molecule has 0 saturated heterocycles. The van der Waals surface area contributed by atoms with Gasteiger partial charge in [-0.1, -0.05) is 71.4 Å². The Labute approximate surface area is 267 Å². The number of hydrogen-bond donors (Lipinski definition) is 0. The molecule has 0 N–H and O–H groups in total. The minimum Gasteiger partial charge on any atom is -0.341 e. The Hall–Kier alpha value is -4.25. The molecule has 0 radical (unpaired) electrons. The van der Waals surface area contributed by atoms with E-state index in [1.54, 1.807) is 0 Å². The highest BCUT2D eigenvalue weighted by atomic mass is 16.1. The van der Waals surface area contributed by atoms with Gasteiger partial charge in [-0.25, -0.2) is 0 Å². The van der Waals surface area contributed by atoms with Crippen molar-refractivity contribution in [3.63, 3.8) is 0 Å². The fraction of sp³-hybridized carbons (Fsp3) is 0.375. The van der Waals surface area contributed by atoms with Crippen molar-refractivity contribution in [3.8, 4) is 0 Å². The lowest BCUT2D eigenvalue weighted by molar-refractivity contribution is -0.119. The summed E-state index contributed by atoms with van der Waals surface area (Å²) in [7, 11) is 0. The second-order valence-corrected chi connectivity index (χ2v) is 14.5. The van der Waals surface area contributed by atoms with Crippen molar-refractivity contribution in [2.45, 2.75) is 79.1 Å². The second kappa shape index (κ2) is 11.9. The van der Waals surface area contributed by atoms with E-state index in [-0.39, 0.29) is 28.3 Å². The van der Waals surface area contributed by atoms with Gasteiger partial charge < -0.3 is 9.80 Å². The van der Waals surface area contributed by atoms with Gasteiger partial charge in [0.2, 0.25) is 0 Å². The number of hydrogen-bond acceptors (Lipinski definition) is 5. The SMILES string of the molecule is CCCCN(c1ccc(C=O)cc1)c1ccc(C2C3=C(CC(C)(C)CC3=O)N(c3ccccc3)C3=C2C(=O)CC(C)(C)C3)cc1. The number of allylic oxidation sites excluding steroid dienone is 4. The van der Waals surface area contributed by atoms with E-state index in [9.17, 15) is 14.4 Å². The van der Waals surface area contributed by atoms with Crippen LogP contribution in [0.2, 0.25) is 0 Å². The zero-order valence-corrected chi connectivity index (χ0v) is 27.2. The van der Waals surface area contributed by atoms with E-state index in [1.807, 2.05) is 42.5 Å². The lowest BCUT2D eigenvalue weighted by Crippen LogP contribution is -2.44. The zero-order valence-electron chi connectivity index (χ0n) is 27.2. The number of benzene rings is 3. The summed E-state index contributed by atoms with van der Waals surface area (Å²) in [5.74, 6) is -0.104. The highest BCUT2D eigenvalue weighted by Gasteiger charge is 2.49. The van der Waals surface area contributed by atoms with Gasteiger partial charge in [0.15, 0.2) is 11.6 Å². The maximum Gasteiger partial charge on any atom is 0.162 e. The Morgan fingerprint density at radius 1 is 0.733 bits per heavy atom. The van der Waals surface area contributed by atoms with Crippen LogP contribution in [0.4, 0.5) is 17.1 Å². The summed E-state index contributed by atoms with van der Waals surface area (Å²) in [6.07, 6.45) is 5.42. The summed E-state index contributed by atoms with van der Waals surface area (Å²) in [6.45, 7) is 11.7. The van der Waals surface area contributed by atoms with Crippen molar-refractivity contribution in [1.82, 2.24) is 0 Å². The predicted molar refractivity (Wildman–Crippen MR) is 182 cm³/mol. The first-order chi connectivity index (χ1) is 21.5. The molecule has 1 heterocycles. The molecule has 0 unspecified atom stereocenters.